The maximum atomic E-state index is 11.9. The van der Waals surface area contributed by atoms with E-state index in [9.17, 15) is 4.79 Å². The molecule has 0 amide bonds. The quantitative estimate of drug-likeness (QED) is 0.353. The highest BCUT2D eigenvalue weighted by molar-refractivity contribution is 7.98. The molecule has 0 atom stereocenters. The minimum atomic E-state index is -0.447. The van der Waals surface area contributed by atoms with Gasteiger partial charge in [-0.05, 0) is 49.8 Å². The van der Waals surface area contributed by atoms with Gasteiger partial charge in [0.05, 0.1) is 17.2 Å². The topological polar surface area (TPSA) is 50.4 Å². The van der Waals surface area contributed by atoms with Crippen LogP contribution in [0.4, 0.5) is 5.69 Å². The van der Waals surface area contributed by atoms with Crippen LogP contribution in [0.25, 0.3) is 0 Å². The maximum Gasteiger partial charge on any atom is 0.339 e. The number of benzene rings is 2. The van der Waals surface area contributed by atoms with Crippen LogP contribution in [-0.2, 0) is 10.5 Å². The number of thiocarbonyl (C=S) groups is 1. The first-order chi connectivity index (χ1) is 13.0. The van der Waals surface area contributed by atoms with Crippen molar-refractivity contribution in [1.29, 1.82) is 0 Å². The van der Waals surface area contributed by atoms with Crippen molar-refractivity contribution in [2.45, 2.75) is 19.6 Å². The summed E-state index contributed by atoms with van der Waals surface area (Å²) in [6, 6.07) is 13.6. The summed E-state index contributed by atoms with van der Waals surface area (Å²) in [6.07, 6.45) is 0. The fraction of sp³-hybridized carbons (Fsp3) is 0.300. The highest BCUT2D eigenvalue weighted by Gasteiger charge is 2.12. The second-order valence-corrected chi connectivity index (χ2v) is 7.75. The minimum absolute atomic E-state index is 0.299. The lowest BCUT2D eigenvalue weighted by atomic mass is 10.2. The van der Waals surface area contributed by atoms with E-state index in [1.807, 2.05) is 11.8 Å². The summed E-state index contributed by atoms with van der Waals surface area (Å²) in [6.45, 7) is 4.89. The Bertz CT molecular complexity index is 782. The van der Waals surface area contributed by atoms with Crippen molar-refractivity contribution in [2.24, 2.45) is 0 Å². The van der Waals surface area contributed by atoms with E-state index >= 15 is 0 Å². The first kappa shape index (κ1) is 21.5. The first-order valence-electron chi connectivity index (χ1n) is 8.64. The van der Waals surface area contributed by atoms with Crippen molar-refractivity contribution < 1.29 is 9.53 Å². The minimum Gasteiger partial charge on any atom is -0.462 e. The highest BCUT2D eigenvalue weighted by Crippen LogP contribution is 2.21. The van der Waals surface area contributed by atoms with Gasteiger partial charge in [0.1, 0.15) is 0 Å². The normalized spacial score (nSPS) is 10.3. The second kappa shape index (κ2) is 11.2. The third kappa shape index (κ3) is 7.40. The van der Waals surface area contributed by atoms with Crippen molar-refractivity contribution in [1.82, 2.24) is 5.32 Å². The monoisotopic (exact) mass is 422 g/mol. The van der Waals surface area contributed by atoms with E-state index < -0.39 is 5.97 Å². The molecule has 0 heterocycles. The molecular formula is C20H23ClN2O2S2. The average molecular weight is 423 g/mol. The molecule has 0 aromatic heterocycles. The van der Waals surface area contributed by atoms with Crippen LogP contribution in [0, 0.1) is 6.92 Å². The zero-order valence-corrected chi connectivity index (χ0v) is 17.8. The molecular weight excluding hydrogens is 400 g/mol. The highest BCUT2D eigenvalue weighted by atomic mass is 35.5. The Labute approximate surface area is 175 Å². The summed E-state index contributed by atoms with van der Waals surface area (Å²) >= 11 is 13.2. The number of esters is 1. The van der Waals surface area contributed by atoms with E-state index in [0.29, 0.717) is 28.0 Å². The number of nitrogens with one attached hydrogen (secondary N) is 2. The van der Waals surface area contributed by atoms with Crippen molar-refractivity contribution in [3.63, 3.8) is 0 Å². The largest absolute Gasteiger partial charge is 0.462 e. The number of carbonyl (C=O) groups excluding carboxylic acids is 1. The smallest absolute Gasteiger partial charge is 0.339 e. The molecule has 7 heteroatoms. The van der Waals surface area contributed by atoms with Gasteiger partial charge in [-0.25, -0.2) is 4.79 Å². The van der Waals surface area contributed by atoms with Gasteiger partial charge in [0.2, 0.25) is 0 Å². The fourth-order valence-corrected chi connectivity index (χ4v) is 3.49. The summed E-state index contributed by atoms with van der Waals surface area (Å²) in [5.41, 5.74) is 3.60. The fourth-order valence-electron chi connectivity index (χ4n) is 2.25. The van der Waals surface area contributed by atoms with Gasteiger partial charge in [0, 0.05) is 23.7 Å². The second-order valence-electron chi connectivity index (χ2n) is 5.83. The summed E-state index contributed by atoms with van der Waals surface area (Å²) in [5.74, 6) is 1.46. The number of hydrogen-bond acceptors (Lipinski definition) is 4. The number of anilines is 1. The lowest BCUT2D eigenvalue weighted by Crippen LogP contribution is -2.30. The van der Waals surface area contributed by atoms with Gasteiger partial charge in [-0.1, -0.05) is 41.4 Å². The molecule has 0 radical (unpaired) electrons. The molecule has 2 aromatic carbocycles. The van der Waals surface area contributed by atoms with Gasteiger partial charge in [-0.2, -0.15) is 11.8 Å². The molecule has 0 fully saturated rings. The van der Waals surface area contributed by atoms with Crippen molar-refractivity contribution in [3.8, 4) is 0 Å². The van der Waals surface area contributed by atoms with Crippen LogP contribution in [-0.4, -0.2) is 30.0 Å². The first-order valence-corrected chi connectivity index (χ1v) is 10.6. The van der Waals surface area contributed by atoms with Crippen LogP contribution < -0.4 is 10.6 Å². The molecule has 2 rings (SSSR count). The van der Waals surface area contributed by atoms with E-state index in [1.54, 1.807) is 25.1 Å². The Balaban J connectivity index is 1.74. The maximum absolute atomic E-state index is 11.9. The van der Waals surface area contributed by atoms with Gasteiger partial charge in [0.15, 0.2) is 5.11 Å². The SMILES string of the molecule is CCOC(=O)c1cc(NC(=S)NCCSCc2ccc(C)cc2)ccc1Cl. The summed E-state index contributed by atoms with van der Waals surface area (Å²) in [4.78, 5) is 11.9. The van der Waals surface area contributed by atoms with Crippen molar-refractivity contribution in [2.75, 3.05) is 24.2 Å². The number of rotatable bonds is 8. The van der Waals surface area contributed by atoms with Gasteiger partial charge in [-0.15, -0.1) is 0 Å². The molecule has 27 heavy (non-hydrogen) atoms. The molecule has 0 aliphatic rings. The number of ether oxygens (including phenoxy) is 1. The van der Waals surface area contributed by atoms with E-state index in [2.05, 4.69) is 41.8 Å². The number of hydrogen-bond donors (Lipinski definition) is 2. The third-order valence-electron chi connectivity index (χ3n) is 3.64. The molecule has 144 valence electrons. The third-order valence-corrected chi connectivity index (χ3v) is 5.25. The Morgan fingerprint density at radius 1 is 1.22 bits per heavy atom. The zero-order valence-electron chi connectivity index (χ0n) is 15.4. The molecule has 0 saturated heterocycles. The van der Waals surface area contributed by atoms with Crippen molar-refractivity contribution in [3.05, 3.63) is 64.2 Å². The van der Waals surface area contributed by atoms with Crippen LogP contribution in [0.1, 0.15) is 28.4 Å². The molecule has 0 saturated carbocycles. The Kier molecular flexibility index (Phi) is 8.91. The Morgan fingerprint density at radius 3 is 2.67 bits per heavy atom. The number of aryl methyl sites for hydroxylation is 1. The molecule has 2 aromatic rings. The van der Waals surface area contributed by atoms with Crippen LogP contribution >= 0.6 is 35.6 Å². The number of carbonyl (C=O) groups is 1. The van der Waals surface area contributed by atoms with Crippen LogP contribution in [0.2, 0.25) is 5.02 Å². The van der Waals surface area contributed by atoms with Gasteiger partial charge in [-0.3, -0.25) is 0 Å². The Morgan fingerprint density at radius 2 is 1.96 bits per heavy atom. The number of halogens is 1. The lowest BCUT2D eigenvalue weighted by Gasteiger charge is -2.12. The molecule has 4 nitrogen and oxygen atoms in total. The summed E-state index contributed by atoms with van der Waals surface area (Å²) < 4.78 is 5.00. The number of thioether (sulfide) groups is 1. The van der Waals surface area contributed by atoms with Crippen LogP contribution in [0.5, 0.6) is 0 Å². The van der Waals surface area contributed by atoms with Crippen LogP contribution in [0.15, 0.2) is 42.5 Å². The molecule has 2 N–H and O–H groups in total. The van der Waals surface area contributed by atoms with Crippen LogP contribution in [0.3, 0.4) is 0 Å². The van der Waals surface area contributed by atoms with Gasteiger partial charge < -0.3 is 15.4 Å². The molecule has 0 aliphatic carbocycles. The average Bonchev–Trinajstić information content (AvgIpc) is 2.64. The lowest BCUT2D eigenvalue weighted by molar-refractivity contribution is 0.0526. The standard InChI is InChI=1S/C20H23ClN2O2S2/c1-3-25-19(24)17-12-16(8-9-18(17)21)23-20(26)22-10-11-27-13-15-6-4-14(2)5-7-15/h4-9,12H,3,10-11,13H2,1-2H3,(H2,22,23,26). The van der Waals surface area contributed by atoms with E-state index in [1.165, 1.54) is 11.1 Å². The van der Waals surface area contributed by atoms with E-state index in [0.717, 1.165) is 18.1 Å². The molecule has 0 bridgehead atoms. The Hall–Kier alpha value is -1.76. The predicted molar refractivity (Wildman–Crippen MR) is 119 cm³/mol. The predicted octanol–water partition coefficient (Wildman–Crippen LogP) is 5.04. The van der Waals surface area contributed by atoms with E-state index in [-0.39, 0.29) is 0 Å². The summed E-state index contributed by atoms with van der Waals surface area (Å²) in [7, 11) is 0. The van der Waals surface area contributed by atoms with E-state index in [4.69, 9.17) is 28.6 Å². The molecule has 0 spiro atoms. The van der Waals surface area contributed by atoms with Gasteiger partial charge >= 0.3 is 5.97 Å². The molecule has 0 unspecified atom stereocenters. The van der Waals surface area contributed by atoms with Crippen molar-refractivity contribution >= 4 is 52.3 Å². The summed E-state index contributed by atoms with van der Waals surface area (Å²) in [5, 5.41) is 7.09. The molecule has 0 aliphatic heterocycles. The van der Waals surface area contributed by atoms with Gasteiger partial charge in [0.25, 0.3) is 0 Å². The zero-order chi connectivity index (χ0) is 19.6.